The first-order valence-corrected chi connectivity index (χ1v) is 12.5. The van der Waals surface area contributed by atoms with Gasteiger partial charge in [-0.3, -0.25) is 14.7 Å². The number of halogens is 1. The van der Waals surface area contributed by atoms with Crippen molar-refractivity contribution in [3.8, 4) is 16.2 Å². The van der Waals surface area contributed by atoms with E-state index in [0.717, 1.165) is 26.6 Å². The SMILES string of the molecule is CCOc1ccc(-c2ccc(CN(C(=O)c3cnc4ccccc4n3)c3ccccc3F)s2)cc1C. The molecule has 0 spiro atoms. The van der Waals surface area contributed by atoms with Crippen molar-refractivity contribution in [2.45, 2.75) is 20.4 Å². The largest absolute Gasteiger partial charge is 0.494 e. The van der Waals surface area contributed by atoms with Crippen LogP contribution in [0.4, 0.5) is 10.1 Å². The van der Waals surface area contributed by atoms with Crippen LogP contribution in [-0.2, 0) is 6.54 Å². The summed E-state index contributed by atoms with van der Waals surface area (Å²) in [6.45, 7) is 4.80. The van der Waals surface area contributed by atoms with E-state index in [2.05, 4.69) is 16.0 Å². The normalized spacial score (nSPS) is 11.0. The monoisotopic (exact) mass is 497 g/mol. The van der Waals surface area contributed by atoms with Crippen LogP contribution in [0.5, 0.6) is 5.75 Å². The molecule has 0 radical (unpaired) electrons. The third-order valence-corrected chi connectivity index (χ3v) is 6.91. The minimum absolute atomic E-state index is 0.163. The van der Waals surface area contributed by atoms with Crippen LogP contribution in [0.3, 0.4) is 0 Å². The van der Waals surface area contributed by atoms with Crippen LogP contribution in [0.25, 0.3) is 21.5 Å². The van der Waals surface area contributed by atoms with Gasteiger partial charge >= 0.3 is 0 Å². The minimum Gasteiger partial charge on any atom is -0.494 e. The number of para-hydroxylation sites is 3. The first-order valence-electron chi connectivity index (χ1n) is 11.6. The van der Waals surface area contributed by atoms with Crippen molar-refractivity contribution in [1.82, 2.24) is 9.97 Å². The van der Waals surface area contributed by atoms with Crippen molar-refractivity contribution in [2.24, 2.45) is 0 Å². The van der Waals surface area contributed by atoms with E-state index in [4.69, 9.17) is 4.74 Å². The van der Waals surface area contributed by atoms with Crippen LogP contribution < -0.4 is 9.64 Å². The number of aromatic nitrogens is 2. The number of thiophene rings is 1. The molecule has 5 rings (SSSR count). The molecule has 180 valence electrons. The molecule has 0 fully saturated rings. The molecule has 7 heteroatoms. The molecule has 0 N–H and O–H groups in total. The molecule has 0 aliphatic rings. The number of carbonyl (C=O) groups is 1. The van der Waals surface area contributed by atoms with Gasteiger partial charge in [0, 0.05) is 9.75 Å². The number of hydrogen-bond donors (Lipinski definition) is 0. The Morgan fingerprint density at radius 1 is 1.00 bits per heavy atom. The summed E-state index contributed by atoms with van der Waals surface area (Å²) < 4.78 is 20.5. The lowest BCUT2D eigenvalue weighted by Gasteiger charge is -2.22. The smallest absolute Gasteiger partial charge is 0.278 e. The van der Waals surface area contributed by atoms with Gasteiger partial charge in [-0.15, -0.1) is 11.3 Å². The van der Waals surface area contributed by atoms with E-state index in [1.54, 1.807) is 35.6 Å². The molecular weight excluding hydrogens is 473 g/mol. The highest BCUT2D eigenvalue weighted by Crippen LogP contribution is 2.33. The Hall–Kier alpha value is -4.10. The topological polar surface area (TPSA) is 55.3 Å². The molecule has 0 aliphatic carbocycles. The molecule has 3 aromatic carbocycles. The molecular formula is C29H24FN3O2S. The first-order chi connectivity index (χ1) is 17.5. The summed E-state index contributed by atoms with van der Waals surface area (Å²) in [7, 11) is 0. The van der Waals surface area contributed by atoms with Crippen molar-refractivity contribution in [2.75, 3.05) is 11.5 Å². The zero-order valence-corrected chi connectivity index (χ0v) is 20.8. The summed E-state index contributed by atoms with van der Waals surface area (Å²) in [6, 6.07) is 23.7. The summed E-state index contributed by atoms with van der Waals surface area (Å²) in [5, 5.41) is 0. The number of benzene rings is 3. The van der Waals surface area contributed by atoms with Crippen LogP contribution >= 0.6 is 11.3 Å². The molecule has 2 aromatic heterocycles. The zero-order valence-electron chi connectivity index (χ0n) is 19.9. The van der Waals surface area contributed by atoms with E-state index in [0.29, 0.717) is 17.6 Å². The van der Waals surface area contributed by atoms with Gasteiger partial charge in [0.15, 0.2) is 0 Å². The molecule has 36 heavy (non-hydrogen) atoms. The average Bonchev–Trinajstić information content (AvgIpc) is 3.37. The van der Waals surface area contributed by atoms with Gasteiger partial charge in [-0.25, -0.2) is 9.37 Å². The van der Waals surface area contributed by atoms with Gasteiger partial charge in [0.2, 0.25) is 0 Å². The molecule has 5 aromatic rings. The van der Waals surface area contributed by atoms with E-state index in [1.807, 2.05) is 56.3 Å². The number of nitrogens with zero attached hydrogens (tertiary/aromatic N) is 3. The Labute approximate surface area is 212 Å². The quantitative estimate of drug-likeness (QED) is 0.242. The van der Waals surface area contributed by atoms with Crippen LogP contribution in [0.2, 0.25) is 0 Å². The van der Waals surface area contributed by atoms with E-state index in [1.165, 1.54) is 17.2 Å². The van der Waals surface area contributed by atoms with Crippen LogP contribution in [0, 0.1) is 12.7 Å². The highest BCUT2D eigenvalue weighted by atomic mass is 32.1. The second-order valence-electron chi connectivity index (χ2n) is 8.27. The highest BCUT2D eigenvalue weighted by Gasteiger charge is 2.23. The Balaban J connectivity index is 1.47. The lowest BCUT2D eigenvalue weighted by atomic mass is 10.1. The summed E-state index contributed by atoms with van der Waals surface area (Å²) in [4.78, 5) is 25.9. The maximum atomic E-state index is 14.8. The highest BCUT2D eigenvalue weighted by molar-refractivity contribution is 7.15. The fraction of sp³-hybridized carbons (Fsp3) is 0.138. The lowest BCUT2D eigenvalue weighted by Crippen LogP contribution is -2.31. The van der Waals surface area contributed by atoms with Crippen LogP contribution in [-0.4, -0.2) is 22.5 Å². The molecule has 5 nitrogen and oxygen atoms in total. The van der Waals surface area contributed by atoms with E-state index in [-0.39, 0.29) is 17.9 Å². The van der Waals surface area contributed by atoms with Gasteiger partial charge < -0.3 is 4.74 Å². The van der Waals surface area contributed by atoms with E-state index in [9.17, 15) is 9.18 Å². The second-order valence-corrected chi connectivity index (χ2v) is 9.43. The Bertz CT molecular complexity index is 1550. The number of aryl methyl sites for hydroxylation is 1. The fourth-order valence-electron chi connectivity index (χ4n) is 4.03. The Morgan fingerprint density at radius 2 is 1.78 bits per heavy atom. The van der Waals surface area contributed by atoms with Crippen molar-refractivity contribution in [3.05, 3.63) is 107 Å². The Kier molecular flexibility index (Phi) is 6.73. The van der Waals surface area contributed by atoms with Crippen LogP contribution in [0.15, 0.2) is 85.1 Å². The average molecular weight is 498 g/mol. The number of ether oxygens (including phenoxy) is 1. The summed E-state index contributed by atoms with van der Waals surface area (Å²) in [5.41, 5.74) is 3.79. The number of carbonyl (C=O) groups excluding carboxylic acids is 1. The molecule has 0 saturated heterocycles. The lowest BCUT2D eigenvalue weighted by molar-refractivity contribution is 0.0979. The summed E-state index contributed by atoms with van der Waals surface area (Å²) in [6.07, 6.45) is 1.45. The molecule has 1 amide bonds. The van der Waals surface area contributed by atoms with Crippen molar-refractivity contribution in [1.29, 1.82) is 0 Å². The van der Waals surface area contributed by atoms with Crippen LogP contribution in [0.1, 0.15) is 27.9 Å². The number of fused-ring (bicyclic) bond motifs is 1. The first kappa shape index (κ1) is 23.6. The standard InChI is InChI=1S/C29H24FN3O2S/c1-3-35-27-14-12-20(16-19(27)2)28-15-13-21(36-28)18-33(26-11-7-4-8-22(26)30)29(34)25-17-31-23-9-5-6-10-24(23)32-25/h4-17H,3,18H2,1-2H3. The van der Waals surface area contributed by atoms with Crippen molar-refractivity contribution < 1.29 is 13.9 Å². The zero-order chi connectivity index (χ0) is 25.1. The number of amides is 1. The maximum Gasteiger partial charge on any atom is 0.278 e. The second kappa shape index (κ2) is 10.3. The maximum absolute atomic E-state index is 14.8. The third kappa shape index (κ3) is 4.83. The molecule has 0 saturated carbocycles. The fourth-order valence-corrected chi connectivity index (χ4v) is 5.02. The van der Waals surface area contributed by atoms with Crippen molar-refractivity contribution in [3.63, 3.8) is 0 Å². The number of hydrogen-bond acceptors (Lipinski definition) is 5. The number of rotatable bonds is 7. The predicted molar refractivity (Wildman–Crippen MR) is 142 cm³/mol. The molecule has 0 bridgehead atoms. The molecule has 0 aliphatic heterocycles. The number of anilines is 1. The summed E-state index contributed by atoms with van der Waals surface area (Å²) >= 11 is 1.56. The van der Waals surface area contributed by atoms with Gasteiger partial charge in [0.05, 0.1) is 36.1 Å². The predicted octanol–water partition coefficient (Wildman–Crippen LogP) is 7.05. The van der Waals surface area contributed by atoms with Gasteiger partial charge in [-0.05, 0) is 79.6 Å². The van der Waals surface area contributed by atoms with Gasteiger partial charge in [0.25, 0.3) is 5.91 Å². The molecule has 2 heterocycles. The Morgan fingerprint density at radius 3 is 2.56 bits per heavy atom. The van der Waals surface area contributed by atoms with Gasteiger partial charge in [-0.2, -0.15) is 0 Å². The van der Waals surface area contributed by atoms with Gasteiger partial charge in [-0.1, -0.05) is 24.3 Å². The molecule has 0 atom stereocenters. The third-order valence-electron chi connectivity index (χ3n) is 5.79. The van der Waals surface area contributed by atoms with E-state index >= 15 is 0 Å². The molecule has 0 unspecified atom stereocenters. The minimum atomic E-state index is -0.474. The van der Waals surface area contributed by atoms with E-state index < -0.39 is 11.7 Å². The van der Waals surface area contributed by atoms with Crippen molar-refractivity contribution >= 4 is 34.0 Å². The van der Waals surface area contributed by atoms with Gasteiger partial charge in [0.1, 0.15) is 17.3 Å². The summed E-state index contributed by atoms with van der Waals surface area (Å²) in [5.74, 6) is -0.0189.